The Labute approximate surface area is 381 Å². The van der Waals surface area contributed by atoms with Gasteiger partial charge in [-0.15, -0.1) is 0 Å². The highest BCUT2D eigenvalue weighted by Crippen LogP contribution is 2.15. The van der Waals surface area contributed by atoms with E-state index in [9.17, 15) is 19.5 Å². The first-order valence-corrected chi connectivity index (χ1v) is 25.0. The molecule has 8 nitrogen and oxygen atoms in total. The van der Waals surface area contributed by atoms with E-state index in [1.807, 2.05) is 0 Å². The number of ether oxygens (including phenoxy) is 3. The number of allylic oxidation sites excluding steroid dienone is 12. The van der Waals surface area contributed by atoms with Crippen molar-refractivity contribution in [3.8, 4) is 0 Å². The number of hydrogen-bond acceptors (Lipinski definition) is 7. The van der Waals surface area contributed by atoms with Gasteiger partial charge in [-0.2, -0.15) is 0 Å². The minimum Gasteiger partial charge on any atom is -0.544 e. The summed E-state index contributed by atoms with van der Waals surface area (Å²) in [6.45, 7) is 4.52. The summed E-state index contributed by atoms with van der Waals surface area (Å²) < 4.78 is 17.2. The lowest BCUT2D eigenvalue weighted by atomic mass is 10.0. The Kier molecular flexibility index (Phi) is 42.1. The van der Waals surface area contributed by atoms with Crippen LogP contribution in [0.4, 0.5) is 0 Å². The van der Waals surface area contributed by atoms with E-state index >= 15 is 0 Å². The molecule has 0 aromatic carbocycles. The van der Waals surface area contributed by atoms with Gasteiger partial charge in [0, 0.05) is 19.3 Å². The zero-order valence-corrected chi connectivity index (χ0v) is 40.5. The number of nitrogens with zero attached hydrogens (tertiary/aromatic N) is 1. The molecule has 0 bridgehead atoms. The Morgan fingerprint density at radius 2 is 0.903 bits per heavy atom. The number of esters is 2. The molecule has 0 aromatic heterocycles. The minimum absolute atomic E-state index is 0.0255. The maximum atomic E-state index is 12.8. The molecule has 62 heavy (non-hydrogen) atoms. The van der Waals surface area contributed by atoms with Crippen LogP contribution in [0.1, 0.15) is 200 Å². The summed E-state index contributed by atoms with van der Waals surface area (Å²) in [6, 6.07) is -0.735. The molecule has 0 saturated carbocycles. The lowest BCUT2D eigenvalue weighted by Crippen LogP contribution is -2.55. The smallest absolute Gasteiger partial charge is 0.306 e. The highest BCUT2D eigenvalue weighted by atomic mass is 16.6. The van der Waals surface area contributed by atoms with Gasteiger partial charge in [0.1, 0.15) is 12.6 Å². The second kappa shape index (κ2) is 44.4. The van der Waals surface area contributed by atoms with E-state index < -0.39 is 18.1 Å². The number of quaternary nitrogens is 1. The fraction of sp³-hybridized carbons (Fsp3) is 0.722. The van der Waals surface area contributed by atoms with Crippen LogP contribution in [-0.4, -0.2) is 75.5 Å². The third kappa shape index (κ3) is 42.1. The number of unbranched alkanes of at least 4 members (excludes halogenated alkanes) is 18. The largest absolute Gasteiger partial charge is 0.544 e. The van der Waals surface area contributed by atoms with E-state index in [-0.39, 0.29) is 49.1 Å². The molecule has 0 rings (SSSR count). The highest BCUT2D eigenvalue weighted by molar-refractivity contribution is 5.70. The van der Waals surface area contributed by atoms with Crippen LogP contribution in [0, 0.1) is 0 Å². The first-order valence-electron chi connectivity index (χ1n) is 25.0. The van der Waals surface area contributed by atoms with Gasteiger partial charge in [-0.05, 0) is 64.2 Å². The Morgan fingerprint density at radius 1 is 0.500 bits per heavy atom. The molecule has 0 aliphatic heterocycles. The van der Waals surface area contributed by atoms with Crippen LogP contribution in [0.25, 0.3) is 0 Å². The lowest BCUT2D eigenvalue weighted by molar-refractivity contribution is -0.889. The van der Waals surface area contributed by atoms with Crippen molar-refractivity contribution < 1.29 is 38.2 Å². The molecule has 0 aliphatic carbocycles. The van der Waals surface area contributed by atoms with E-state index in [1.165, 1.54) is 83.5 Å². The van der Waals surface area contributed by atoms with Crippen molar-refractivity contribution in [2.45, 2.75) is 212 Å². The number of carboxylic acid groups (broad SMARTS) is 1. The normalized spacial score (nSPS) is 13.5. The van der Waals surface area contributed by atoms with Crippen molar-refractivity contribution in [2.75, 3.05) is 41.0 Å². The summed E-state index contributed by atoms with van der Waals surface area (Å²) in [5.41, 5.74) is 0. The van der Waals surface area contributed by atoms with Gasteiger partial charge in [0.25, 0.3) is 0 Å². The summed E-state index contributed by atoms with van der Waals surface area (Å²) in [5.74, 6) is -1.78. The molecule has 8 heteroatoms. The van der Waals surface area contributed by atoms with Gasteiger partial charge in [0.2, 0.25) is 0 Å². The number of carboxylic acids is 1. The van der Waals surface area contributed by atoms with Crippen LogP contribution in [0.15, 0.2) is 72.9 Å². The number of carbonyl (C=O) groups is 3. The number of carbonyl (C=O) groups excluding carboxylic acids is 3. The summed E-state index contributed by atoms with van der Waals surface area (Å²) in [5, 5.41) is 11.7. The Morgan fingerprint density at radius 3 is 1.34 bits per heavy atom. The highest BCUT2D eigenvalue weighted by Gasteiger charge is 2.25. The van der Waals surface area contributed by atoms with Gasteiger partial charge >= 0.3 is 11.9 Å². The summed E-state index contributed by atoms with van der Waals surface area (Å²) in [6.07, 6.45) is 56.4. The van der Waals surface area contributed by atoms with Gasteiger partial charge in [-0.25, -0.2) is 0 Å². The summed E-state index contributed by atoms with van der Waals surface area (Å²) >= 11 is 0. The topological polar surface area (TPSA) is 102 Å². The fourth-order valence-corrected chi connectivity index (χ4v) is 7.02. The summed E-state index contributed by atoms with van der Waals surface area (Å²) in [4.78, 5) is 37.0. The molecule has 356 valence electrons. The van der Waals surface area contributed by atoms with Crippen molar-refractivity contribution in [1.82, 2.24) is 0 Å². The molecular weight excluding hydrogens is 775 g/mol. The molecule has 0 fully saturated rings. The molecule has 2 atom stereocenters. The molecule has 0 amide bonds. The zero-order valence-electron chi connectivity index (χ0n) is 40.5. The Hall–Kier alpha value is -3.23. The second-order valence-electron chi connectivity index (χ2n) is 17.7. The number of aliphatic carboxylic acids is 1. The first-order chi connectivity index (χ1) is 30.1. The predicted molar refractivity (Wildman–Crippen MR) is 259 cm³/mol. The molecule has 0 spiro atoms. The average molecular weight is 868 g/mol. The van der Waals surface area contributed by atoms with Crippen molar-refractivity contribution in [1.29, 1.82) is 0 Å². The number of likely N-dealkylation sites (N-methyl/N-ethyl adjacent to an activating group) is 1. The predicted octanol–water partition coefficient (Wildman–Crippen LogP) is 13.0. The van der Waals surface area contributed by atoms with Crippen LogP contribution in [0.2, 0.25) is 0 Å². The van der Waals surface area contributed by atoms with Crippen LogP contribution in [0.5, 0.6) is 0 Å². The Bertz CT molecular complexity index is 1240. The van der Waals surface area contributed by atoms with E-state index in [0.29, 0.717) is 12.8 Å². The first kappa shape index (κ1) is 58.8. The molecule has 0 radical (unpaired) electrons. The Balaban J connectivity index is 4.35. The molecule has 0 heterocycles. The van der Waals surface area contributed by atoms with Crippen molar-refractivity contribution in [3.05, 3.63) is 72.9 Å². The maximum Gasteiger partial charge on any atom is 0.306 e. The molecular formula is C54H93NO7. The van der Waals surface area contributed by atoms with Crippen molar-refractivity contribution >= 4 is 17.9 Å². The fourth-order valence-electron chi connectivity index (χ4n) is 7.02. The van der Waals surface area contributed by atoms with Crippen LogP contribution in [-0.2, 0) is 28.6 Å². The van der Waals surface area contributed by atoms with Crippen molar-refractivity contribution in [3.63, 3.8) is 0 Å². The van der Waals surface area contributed by atoms with Gasteiger partial charge in [0.05, 0.1) is 40.3 Å². The number of rotatable bonds is 44. The van der Waals surface area contributed by atoms with Gasteiger partial charge in [0.15, 0.2) is 6.10 Å². The quantitative estimate of drug-likeness (QED) is 0.0260. The standard InChI is InChI=1S/C54H93NO7/c1-6-8-10-12-14-16-18-20-22-24-25-26-27-28-29-31-33-35-37-39-41-43-45-53(57)62-50(48-60-47-46-51(54(58)59)55(3,4)5)49-61-52(56)44-42-40-38-36-34-32-30-23-21-19-17-15-13-11-9-7-2/h8,10,14,16,20,22,25-26,28-29,33,35,50-51H,6-7,9,11-13,15,17-19,21,23-24,27,30-32,34,36-49H2,1-5H3/b10-8+,16-14+,22-20+,26-25+,29-28+,35-33+. The number of hydrogen-bond donors (Lipinski definition) is 0. The third-order valence-electron chi connectivity index (χ3n) is 10.9. The molecule has 0 aliphatic rings. The minimum atomic E-state index is -1.13. The molecule has 2 unspecified atom stereocenters. The van der Waals surface area contributed by atoms with Crippen LogP contribution < -0.4 is 5.11 Å². The van der Waals surface area contributed by atoms with E-state index in [4.69, 9.17) is 14.2 Å². The van der Waals surface area contributed by atoms with Gasteiger partial charge < -0.3 is 28.6 Å². The maximum absolute atomic E-state index is 12.8. The summed E-state index contributed by atoms with van der Waals surface area (Å²) in [7, 11) is 5.40. The lowest BCUT2D eigenvalue weighted by Gasteiger charge is -2.34. The van der Waals surface area contributed by atoms with Gasteiger partial charge in [-0.3, -0.25) is 9.59 Å². The van der Waals surface area contributed by atoms with Crippen LogP contribution in [0.3, 0.4) is 0 Å². The van der Waals surface area contributed by atoms with Crippen LogP contribution >= 0.6 is 0 Å². The SMILES string of the molecule is CC/C=C/C/C=C/C/C=C/C/C=C/C/C=C/C/C=C/CCCCCC(=O)OC(COCCC(C(=O)[O-])[N+](C)(C)C)COC(=O)CCCCCCCCCCCCCCCCCC. The van der Waals surface area contributed by atoms with Crippen molar-refractivity contribution in [2.24, 2.45) is 0 Å². The monoisotopic (exact) mass is 868 g/mol. The zero-order chi connectivity index (χ0) is 45.6. The third-order valence-corrected chi connectivity index (χ3v) is 10.9. The second-order valence-corrected chi connectivity index (χ2v) is 17.7. The average Bonchev–Trinajstić information content (AvgIpc) is 3.23. The van der Waals surface area contributed by atoms with Gasteiger partial charge in [-0.1, -0.05) is 189 Å². The van der Waals surface area contributed by atoms with E-state index in [2.05, 4.69) is 86.8 Å². The molecule has 0 N–H and O–H groups in total. The molecule has 0 aromatic rings. The van der Waals surface area contributed by atoms with E-state index in [0.717, 1.165) is 77.0 Å². The van der Waals surface area contributed by atoms with E-state index in [1.54, 1.807) is 21.1 Å². The molecule has 0 saturated heterocycles.